The smallest absolute Gasteiger partial charge is 0.329 e. The molecule has 1 saturated carbocycles. The molecular weight excluding hydrogens is 368 g/mol. The number of anilines is 2. The maximum Gasteiger partial charge on any atom is 0.329 e. The SMILES string of the molecule is N#CC(C(=O)OC1CCCCC1)c1nc2cccc(N)c2nc1N1CCNCC1. The third-order valence-electron chi connectivity index (χ3n) is 5.62. The summed E-state index contributed by atoms with van der Waals surface area (Å²) in [6.07, 6.45) is 4.87. The molecule has 1 saturated heterocycles. The van der Waals surface area contributed by atoms with Gasteiger partial charge in [-0.15, -0.1) is 0 Å². The van der Waals surface area contributed by atoms with Crippen molar-refractivity contribution >= 4 is 28.5 Å². The van der Waals surface area contributed by atoms with Crippen molar-refractivity contribution < 1.29 is 9.53 Å². The fraction of sp³-hybridized carbons (Fsp3) is 0.524. The normalized spacial score (nSPS) is 18.9. The Morgan fingerprint density at radius 3 is 2.72 bits per heavy atom. The van der Waals surface area contributed by atoms with Gasteiger partial charge in [0.15, 0.2) is 11.7 Å². The number of hydrogen-bond acceptors (Lipinski definition) is 8. The summed E-state index contributed by atoms with van der Waals surface area (Å²) in [5.41, 5.74) is 8.15. The summed E-state index contributed by atoms with van der Waals surface area (Å²) in [5, 5.41) is 13.2. The monoisotopic (exact) mass is 394 g/mol. The van der Waals surface area contributed by atoms with Gasteiger partial charge in [0.05, 0.1) is 17.3 Å². The van der Waals surface area contributed by atoms with Gasteiger partial charge in [0.25, 0.3) is 0 Å². The van der Waals surface area contributed by atoms with Gasteiger partial charge in [-0.1, -0.05) is 12.5 Å². The van der Waals surface area contributed by atoms with Crippen LogP contribution in [0, 0.1) is 11.3 Å². The molecule has 0 bridgehead atoms. The third kappa shape index (κ3) is 4.10. The molecule has 1 aromatic carbocycles. The largest absolute Gasteiger partial charge is 0.461 e. The van der Waals surface area contributed by atoms with Gasteiger partial charge in [0, 0.05) is 26.2 Å². The number of rotatable bonds is 4. The van der Waals surface area contributed by atoms with Crippen LogP contribution in [0.3, 0.4) is 0 Å². The van der Waals surface area contributed by atoms with E-state index in [-0.39, 0.29) is 6.10 Å². The number of esters is 1. The van der Waals surface area contributed by atoms with Crippen LogP contribution in [-0.4, -0.2) is 48.2 Å². The van der Waals surface area contributed by atoms with Crippen molar-refractivity contribution in [3.05, 3.63) is 23.9 Å². The van der Waals surface area contributed by atoms with Crippen molar-refractivity contribution in [2.24, 2.45) is 0 Å². The van der Waals surface area contributed by atoms with Gasteiger partial charge < -0.3 is 20.7 Å². The van der Waals surface area contributed by atoms with Gasteiger partial charge in [0.1, 0.15) is 17.3 Å². The Bertz CT molecular complexity index is 929. The average Bonchev–Trinajstić information content (AvgIpc) is 2.75. The Kier molecular flexibility index (Phi) is 5.76. The lowest BCUT2D eigenvalue weighted by molar-refractivity contribution is -0.150. The lowest BCUT2D eigenvalue weighted by Gasteiger charge is -2.30. The van der Waals surface area contributed by atoms with Crippen molar-refractivity contribution in [2.75, 3.05) is 36.8 Å². The molecule has 3 N–H and O–H groups in total. The van der Waals surface area contributed by atoms with Crippen molar-refractivity contribution in [3.63, 3.8) is 0 Å². The molecule has 2 heterocycles. The van der Waals surface area contributed by atoms with Crippen LogP contribution in [0.2, 0.25) is 0 Å². The molecule has 0 radical (unpaired) electrons. The molecule has 0 amide bonds. The van der Waals surface area contributed by atoms with E-state index >= 15 is 0 Å². The van der Waals surface area contributed by atoms with E-state index in [1.807, 2.05) is 0 Å². The highest BCUT2D eigenvalue weighted by atomic mass is 16.5. The summed E-state index contributed by atoms with van der Waals surface area (Å²) < 4.78 is 5.69. The van der Waals surface area contributed by atoms with Crippen molar-refractivity contribution in [3.8, 4) is 6.07 Å². The van der Waals surface area contributed by atoms with E-state index in [4.69, 9.17) is 15.5 Å². The first-order valence-corrected chi connectivity index (χ1v) is 10.3. The maximum atomic E-state index is 12.9. The zero-order valence-corrected chi connectivity index (χ0v) is 16.4. The highest BCUT2D eigenvalue weighted by Crippen LogP contribution is 2.31. The minimum absolute atomic E-state index is 0.112. The predicted molar refractivity (Wildman–Crippen MR) is 110 cm³/mol. The third-order valence-corrected chi connectivity index (χ3v) is 5.62. The molecule has 2 aliphatic rings. The summed E-state index contributed by atoms with van der Waals surface area (Å²) in [4.78, 5) is 24.4. The van der Waals surface area contributed by atoms with Gasteiger partial charge >= 0.3 is 5.97 Å². The van der Waals surface area contributed by atoms with E-state index in [0.717, 1.165) is 51.9 Å². The maximum absolute atomic E-state index is 12.9. The number of benzene rings is 1. The molecule has 152 valence electrons. The van der Waals surface area contributed by atoms with Crippen LogP contribution in [0.4, 0.5) is 11.5 Å². The average molecular weight is 394 g/mol. The van der Waals surface area contributed by atoms with Crippen LogP contribution >= 0.6 is 0 Å². The molecule has 8 nitrogen and oxygen atoms in total. The van der Waals surface area contributed by atoms with Crippen LogP contribution in [-0.2, 0) is 9.53 Å². The van der Waals surface area contributed by atoms with Crippen molar-refractivity contribution in [1.29, 1.82) is 5.26 Å². The van der Waals surface area contributed by atoms with E-state index in [1.54, 1.807) is 18.2 Å². The van der Waals surface area contributed by atoms with Gasteiger partial charge in [-0.05, 0) is 37.8 Å². The van der Waals surface area contributed by atoms with Crippen molar-refractivity contribution in [2.45, 2.75) is 44.1 Å². The Morgan fingerprint density at radius 1 is 1.24 bits per heavy atom. The molecule has 1 aliphatic heterocycles. The number of hydrogen-bond donors (Lipinski definition) is 2. The van der Waals surface area contributed by atoms with Crippen LogP contribution in [0.15, 0.2) is 18.2 Å². The molecule has 2 fully saturated rings. The number of aromatic nitrogens is 2. The summed E-state index contributed by atoms with van der Waals surface area (Å²) in [6, 6.07) is 7.48. The Labute approximate surface area is 170 Å². The van der Waals surface area contributed by atoms with E-state index in [0.29, 0.717) is 28.2 Å². The summed E-state index contributed by atoms with van der Waals surface area (Å²) in [7, 11) is 0. The van der Waals surface area contributed by atoms with Crippen LogP contribution in [0.25, 0.3) is 11.0 Å². The molecule has 1 aliphatic carbocycles. The topological polar surface area (TPSA) is 117 Å². The van der Waals surface area contributed by atoms with Crippen LogP contribution < -0.4 is 16.0 Å². The zero-order chi connectivity index (χ0) is 20.2. The second kappa shape index (κ2) is 8.62. The van der Waals surface area contributed by atoms with Crippen molar-refractivity contribution in [1.82, 2.24) is 15.3 Å². The molecular formula is C21H26N6O2. The van der Waals surface area contributed by atoms with Gasteiger partial charge in [-0.2, -0.15) is 5.26 Å². The van der Waals surface area contributed by atoms with E-state index in [2.05, 4.69) is 21.3 Å². The number of carbonyl (C=O) groups is 1. The standard InChI is InChI=1S/C21H26N6O2/c22-13-15(21(28)29-14-5-2-1-3-6-14)18-20(27-11-9-24-10-12-27)26-19-16(23)7-4-8-17(19)25-18/h4,7-8,14-15,24H,1-3,5-6,9-12,23H2. The van der Waals surface area contributed by atoms with Crippen LogP contribution in [0.5, 0.6) is 0 Å². The number of nitrogen functional groups attached to an aromatic ring is 1. The number of nitrogens with one attached hydrogen (secondary N) is 1. The number of carbonyl (C=O) groups excluding carboxylic acids is 1. The Hall–Kier alpha value is -2.92. The second-order valence-electron chi connectivity index (χ2n) is 7.64. The number of ether oxygens (including phenoxy) is 1. The number of para-hydroxylation sites is 1. The number of nitrogens with two attached hydrogens (primary N) is 1. The van der Waals surface area contributed by atoms with E-state index in [1.165, 1.54) is 6.42 Å². The highest BCUT2D eigenvalue weighted by molar-refractivity contribution is 5.90. The number of nitrogens with zero attached hydrogens (tertiary/aromatic N) is 4. The molecule has 1 atom stereocenters. The first kappa shape index (κ1) is 19.4. The minimum Gasteiger partial charge on any atom is -0.461 e. The fourth-order valence-electron chi connectivity index (χ4n) is 4.05. The fourth-order valence-corrected chi connectivity index (χ4v) is 4.05. The number of piperazine rings is 1. The molecule has 1 unspecified atom stereocenters. The van der Waals surface area contributed by atoms with Gasteiger partial charge in [0.2, 0.25) is 0 Å². The minimum atomic E-state index is -1.11. The summed E-state index contributed by atoms with van der Waals surface area (Å²) in [5.74, 6) is -1.10. The van der Waals surface area contributed by atoms with Gasteiger partial charge in [-0.25, -0.2) is 9.97 Å². The Balaban J connectivity index is 1.72. The quantitative estimate of drug-likeness (QED) is 0.598. The molecule has 8 heteroatoms. The van der Waals surface area contributed by atoms with Gasteiger partial charge in [-0.3, -0.25) is 4.79 Å². The number of nitriles is 1. The Morgan fingerprint density at radius 2 is 2.00 bits per heavy atom. The lowest BCUT2D eigenvalue weighted by Crippen LogP contribution is -2.44. The number of fused-ring (bicyclic) bond motifs is 1. The molecule has 1 aromatic heterocycles. The summed E-state index contributed by atoms with van der Waals surface area (Å²) in [6.45, 7) is 3.03. The molecule has 29 heavy (non-hydrogen) atoms. The first-order chi connectivity index (χ1) is 14.2. The molecule has 4 rings (SSSR count). The lowest BCUT2D eigenvalue weighted by atomic mass is 9.97. The van der Waals surface area contributed by atoms with E-state index < -0.39 is 11.9 Å². The summed E-state index contributed by atoms with van der Waals surface area (Å²) >= 11 is 0. The molecule has 0 spiro atoms. The highest BCUT2D eigenvalue weighted by Gasteiger charge is 2.32. The first-order valence-electron chi connectivity index (χ1n) is 10.3. The zero-order valence-electron chi connectivity index (χ0n) is 16.4. The van der Waals surface area contributed by atoms with Crippen LogP contribution in [0.1, 0.15) is 43.7 Å². The van der Waals surface area contributed by atoms with E-state index in [9.17, 15) is 10.1 Å². The molecule has 2 aromatic rings. The second-order valence-corrected chi connectivity index (χ2v) is 7.64. The predicted octanol–water partition coefficient (Wildman–Crippen LogP) is 2.10.